The van der Waals surface area contributed by atoms with E-state index in [9.17, 15) is 43.2 Å². The van der Waals surface area contributed by atoms with Crippen LogP contribution in [0.5, 0.6) is 0 Å². The van der Waals surface area contributed by atoms with Gasteiger partial charge >= 0.3 is 39.5 Å². The zero-order valence-electron chi connectivity index (χ0n) is 66.1. The minimum atomic E-state index is -4.96. The molecule has 600 valence electrons. The van der Waals surface area contributed by atoms with E-state index >= 15 is 0 Å². The highest BCUT2D eigenvalue weighted by Gasteiger charge is 2.30. The van der Waals surface area contributed by atoms with Gasteiger partial charge in [-0.15, -0.1) is 0 Å². The van der Waals surface area contributed by atoms with Crippen LogP contribution in [0.15, 0.2) is 0 Å². The van der Waals surface area contributed by atoms with Crippen molar-refractivity contribution in [2.45, 2.75) is 457 Å². The maximum atomic E-state index is 13.1. The van der Waals surface area contributed by atoms with Crippen LogP contribution in [0.25, 0.3) is 0 Å². The van der Waals surface area contributed by atoms with E-state index in [1.54, 1.807) is 0 Å². The summed E-state index contributed by atoms with van der Waals surface area (Å²) in [6, 6.07) is 0. The minimum Gasteiger partial charge on any atom is -0.462 e. The number of phosphoric acid groups is 2. The van der Waals surface area contributed by atoms with Crippen LogP contribution in [-0.2, 0) is 65.4 Å². The molecule has 101 heavy (non-hydrogen) atoms. The molecule has 0 aromatic rings. The lowest BCUT2D eigenvalue weighted by Crippen LogP contribution is -2.30. The van der Waals surface area contributed by atoms with E-state index in [0.717, 1.165) is 95.8 Å². The number of phosphoric ester groups is 2. The monoisotopic (exact) mass is 1480 g/mol. The van der Waals surface area contributed by atoms with Crippen molar-refractivity contribution in [1.82, 2.24) is 0 Å². The van der Waals surface area contributed by atoms with Crippen molar-refractivity contribution in [2.24, 2.45) is 5.92 Å². The van der Waals surface area contributed by atoms with E-state index in [4.69, 9.17) is 37.0 Å². The number of aliphatic hydroxyl groups is 1. The first-order valence-corrected chi connectivity index (χ1v) is 45.7. The van der Waals surface area contributed by atoms with Gasteiger partial charge in [-0.05, 0) is 31.6 Å². The number of esters is 4. The second-order valence-electron chi connectivity index (χ2n) is 29.8. The van der Waals surface area contributed by atoms with E-state index in [1.165, 1.54) is 263 Å². The molecule has 0 saturated carbocycles. The third kappa shape index (κ3) is 74.7. The van der Waals surface area contributed by atoms with Crippen LogP contribution < -0.4 is 0 Å². The molecule has 3 N–H and O–H groups in total. The summed E-state index contributed by atoms with van der Waals surface area (Å²) in [7, 11) is -9.92. The Kier molecular flexibility index (Phi) is 73.5. The van der Waals surface area contributed by atoms with Crippen LogP contribution in [0.1, 0.15) is 439 Å². The first-order valence-electron chi connectivity index (χ1n) is 42.7. The number of hydrogen-bond donors (Lipinski definition) is 3. The molecule has 0 fully saturated rings. The molecule has 0 radical (unpaired) electrons. The molecule has 0 spiro atoms. The summed E-state index contributed by atoms with van der Waals surface area (Å²) in [5.41, 5.74) is 0. The van der Waals surface area contributed by atoms with Gasteiger partial charge in [0.2, 0.25) is 0 Å². The van der Waals surface area contributed by atoms with E-state index < -0.39 is 97.5 Å². The first kappa shape index (κ1) is 99.1. The van der Waals surface area contributed by atoms with Gasteiger partial charge in [0.25, 0.3) is 0 Å². The molecule has 0 saturated heterocycles. The molecule has 17 nitrogen and oxygen atoms in total. The van der Waals surface area contributed by atoms with Crippen LogP contribution >= 0.6 is 15.6 Å². The highest BCUT2D eigenvalue weighted by Crippen LogP contribution is 2.45. The van der Waals surface area contributed by atoms with Gasteiger partial charge in [-0.1, -0.05) is 388 Å². The normalized spacial score (nSPS) is 14.1. The Labute approximate surface area is 619 Å². The Bertz CT molecular complexity index is 1930. The molecule has 0 rings (SSSR count). The topological polar surface area (TPSA) is 237 Å². The van der Waals surface area contributed by atoms with Gasteiger partial charge < -0.3 is 33.8 Å². The molecule has 0 amide bonds. The Morgan fingerprint density at radius 2 is 0.475 bits per heavy atom. The Morgan fingerprint density at radius 1 is 0.277 bits per heavy atom. The molecule has 0 aliphatic rings. The molecule has 0 heterocycles. The summed E-state index contributed by atoms with van der Waals surface area (Å²) in [4.78, 5) is 73.0. The van der Waals surface area contributed by atoms with Crippen molar-refractivity contribution in [1.29, 1.82) is 0 Å². The summed E-state index contributed by atoms with van der Waals surface area (Å²) in [5.74, 6) is -1.26. The molecule has 0 bridgehead atoms. The molecular weight excluding hydrogens is 1320 g/mol. The third-order valence-electron chi connectivity index (χ3n) is 19.6. The maximum Gasteiger partial charge on any atom is 0.472 e. The smallest absolute Gasteiger partial charge is 0.462 e. The largest absolute Gasteiger partial charge is 0.472 e. The SMILES string of the molecule is CCCCCCCCCCCCCCCCCCCCC(=O)OC[C@H](COP(=O)(O)OC[C@@H](O)COP(=O)(O)OC[C@@H](COC(=O)CCCCCCCCCCC)OC(=O)CCCCCCCCCCCCCCCCCC)OC(=O)CCCCCCCCCCCCCCCCC(C)CC. The third-order valence-corrected chi connectivity index (χ3v) is 21.5. The lowest BCUT2D eigenvalue weighted by atomic mass is 9.99. The Morgan fingerprint density at radius 3 is 0.703 bits per heavy atom. The summed E-state index contributed by atoms with van der Waals surface area (Å²) in [6.07, 6.45) is 66.5. The van der Waals surface area contributed by atoms with Crippen molar-refractivity contribution in [3.05, 3.63) is 0 Å². The van der Waals surface area contributed by atoms with Gasteiger partial charge in [-0.2, -0.15) is 0 Å². The zero-order chi connectivity index (χ0) is 74.1. The van der Waals surface area contributed by atoms with Crippen molar-refractivity contribution in [3.8, 4) is 0 Å². The zero-order valence-corrected chi connectivity index (χ0v) is 67.8. The van der Waals surface area contributed by atoms with Crippen LogP contribution in [0.2, 0.25) is 0 Å². The lowest BCUT2D eigenvalue weighted by Gasteiger charge is -2.21. The number of rotatable bonds is 82. The minimum absolute atomic E-state index is 0.109. The number of carbonyl (C=O) groups excluding carboxylic acids is 4. The fourth-order valence-electron chi connectivity index (χ4n) is 12.7. The van der Waals surface area contributed by atoms with E-state index in [0.29, 0.717) is 25.7 Å². The predicted octanol–water partition coefficient (Wildman–Crippen LogP) is 24.8. The quantitative estimate of drug-likeness (QED) is 0.0222. The van der Waals surface area contributed by atoms with Crippen LogP contribution in [0.4, 0.5) is 0 Å². The fourth-order valence-corrected chi connectivity index (χ4v) is 14.3. The average Bonchev–Trinajstić information content (AvgIpc) is 1.00. The number of ether oxygens (including phenoxy) is 4. The second kappa shape index (κ2) is 74.9. The predicted molar refractivity (Wildman–Crippen MR) is 414 cm³/mol. The number of aliphatic hydroxyl groups excluding tert-OH is 1. The first-order chi connectivity index (χ1) is 49.1. The van der Waals surface area contributed by atoms with E-state index in [2.05, 4.69) is 34.6 Å². The number of hydrogen-bond acceptors (Lipinski definition) is 15. The molecule has 6 atom stereocenters. The van der Waals surface area contributed by atoms with Crippen molar-refractivity contribution in [3.63, 3.8) is 0 Å². The van der Waals surface area contributed by atoms with Crippen LogP contribution in [0.3, 0.4) is 0 Å². The number of carbonyl (C=O) groups is 4. The van der Waals surface area contributed by atoms with Crippen molar-refractivity contribution < 1.29 is 80.2 Å². The summed E-state index contributed by atoms with van der Waals surface area (Å²) in [5, 5.41) is 10.6. The van der Waals surface area contributed by atoms with Gasteiger partial charge in [0.15, 0.2) is 12.2 Å². The van der Waals surface area contributed by atoms with Crippen molar-refractivity contribution >= 4 is 39.5 Å². The van der Waals surface area contributed by atoms with Gasteiger partial charge in [-0.3, -0.25) is 37.3 Å². The standard InChI is InChI=1S/C82H160O17P2/c1-6-10-13-16-19-22-24-26-28-30-31-33-37-41-46-51-56-61-66-80(85)93-72-78(99-82(87)68-63-58-53-48-43-39-35-34-36-40-45-49-54-59-64-75(5)9-4)74-97-101(90,91)95-70-76(83)69-94-100(88,89)96-73-77(71-92-79(84)65-60-55-50-44-21-18-15-12-8-3)98-81(86)67-62-57-52-47-42-38-32-29-27-25-23-20-17-14-11-7-2/h75-78,83H,6-74H2,1-5H3,(H,88,89)(H,90,91)/t75?,76-,77+,78+/m0/s1. The molecule has 19 heteroatoms. The summed E-state index contributed by atoms with van der Waals surface area (Å²) >= 11 is 0. The van der Waals surface area contributed by atoms with E-state index in [-0.39, 0.29) is 25.7 Å². The average molecular weight is 1480 g/mol. The van der Waals surface area contributed by atoms with Gasteiger partial charge in [0.1, 0.15) is 19.3 Å². The Balaban J connectivity index is 5.22. The molecule has 0 aliphatic heterocycles. The molecular formula is C82H160O17P2. The van der Waals surface area contributed by atoms with Gasteiger partial charge in [0, 0.05) is 25.7 Å². The lowest BCUT2D eigenvalue weighted by molar-refractivity contribution is -0.161. The summed E-state index contributed by atoms with van der Waals surface area (Å²) < 4.78 is 68.7. The highest BCUT2D eigenvalue weighted by atomic mass is 31.2. The van der Waals surface area contributed by atoms with Crippen LogP contribution in [0, 0.1) is 5.92 Å². The molecule has 0 aliphatic carbocycles. The highest BCUT2D eigenvalue weighted by molar-refractivity contribution is 7.47. The molecule has 0 aromatic heterocycles. The van der Waals surface area contributed by atoms with E-state index in [1.807, 2.05) is 0 Å². The Hall–Kier alpha value is -1.94. The fraction of sp³-hybridized carbons (Fsp3) is 0.951. The summed E-state index contributed by atoms with van der Waals surface area (Å²) in [6.45, 7) is 7.38. The van der Waals surface area contributed by atoms with Gasteiger partial charge in [-0.25, -0.2) is 9.13 Å². The van der Waals surface area contributed by atoms with Gasteiger partial charge in [0.05, 0.1) is 26.4 Å². The van der Waals surface area contributed by atoms with Crippen LogP contribution in [-0.4, -0.2) is 96.7 Å². The second-order valence-corrected chi connectivity index (χ2v) is 32.7. The van der Waals surface area contributed by atoms with Crippen molar-refractivity contribution in [2.75, 3.05) is 39.6 Å². The molecule has 0 aromatic carbocycles. The molecule has 3 unspecified atom stereocenters. The number of unbranched alkanes of at least 4 members (excludes halogenated alkanes) is 53. The maximum absolute atomic E-state index is 13.1.